The average Bonchev–Trinajstić information content (AvgIpc) is 3.14. The molecular formula is C25H29N3O6. The van der Waals surface area contributed by atoms with E-state index in [1.54, 1.807) is 6.92 Å². The summed E-state index contributed by atoms with van der Waals surface area (Å²) in [5.74, 6) is -3.32. The van der Waals surface area contributed by atoms with Crippen LogP contribution < -0.4 is 11.1 Å². The van der Waals surface area contributed by atoms with E-state index in [-0.39, 0.29) is 5.92 Å². The van der Waals surface area contributed by atoms with Gasteiger partial charge in [0.05, 0.1) is 19.6 Å². The number of nitrogens with one attached hydrogen (secondary N) is 1. The van der Waals surface area contributed by atoms with Crippen molar-refractivity contribution in [1.29, 1.82) is 0 Å². The molecule has 0 fully saturated rings. The number of primary amides is 1. The zero-order chi connectivity index (χ0) is 25.0. The number of benzene rings is 2. The van der Waals surface area contributed by atoms with Crippen LogP contribution in [-0.2, 0) is 19.1 Å². The Kier molecular flexibility index (Phi) is 7.55. The first-order valence-corrected chi connectivity index (χ1v) is 11.1. The first kappa shape index (κ1) is 24.8. The van der Waals surface area contributed by atoms with Gasteiger partial charge < -0.3 is 20.9 Å². The van der Waals surface area contributed by atoms with Gasteiger partial charge in [0.25, 0.3) is 0 Å². The predicted octanol–water partition coefficient (Wildman–Crippen LogP) is 2.68. The number of hydrogen-bond donors (Lipinski definition) is 3. The Morgan fingerprint density at radius 2 is 1.59 bits per heavy atom. The summed E-state index contributed by atoms with van der Waals surface area (Å²) < 4.78 is 5.11. The number of rotatable bonds is 9. The molecule has 0 saturated carbocycles. The number of ether oxygens (including phenoxy) is 1. The summed E-state index contributed by atoms with van der Waals surface area (Å²) >= 11 is 0. The summed E-state index contributed by atoms with van der Waals surface area (Å²) in [5.41, 5.74) is 8.72. The summed E-state index contributed by atoms with van der Waals surface area (Å²) in [6.07, 6.45) is -0.768. The second kappa shape index (κ2) is 10.4. The first-order chi connectivity index (χ1) is 16.2. The number of amides is 3. The lowest BCUT2D eigenvalue weighted by molar-refractivity contribution is -0.144. The molecule has 2 aromatic rings. The van der Waals surface area contributed by atoms with Crippen molar-refractivity contribution in [1.82, 2.24) is 10.2 Å². The SMILES string of the molecule is CC[C@H](C)[C@@H](C(=O)N[C@@H](CC(N)=O)C(=O)O)N(C(=O)OC)C1c2ccccc2-c2ccccc21. The highest BCUT2D eigenvalue weighted by molar-refractivity contribution is 5.92. The van der Waals surface area contributed by atoms with Gasteiger partial charge >= 0.3 is 12.1 Å². The van der Waals surface area contributed by atoms with Crippen molar-refractivity contribution >= 4 is 23.9 Å². The van der Waals surface area contributed by atoms with Crippen molar-refractivity contribution in [3.8, 4) is 11.1 Å². The summed E-state index contributed by atoms with van der Waals surface area (Å²) in [7, 11) is 1.24. The third kappa shape index (κ3) is 4.73. The molecule has 1 aliphatic rings. The standard InChI is InChI=1S/C25H29N3O6/c1-4-14(2)21(23(30)27-19(24(31)32)13-20(26)29)28(25(33)34-3)22-17-11-7-5-9-15(17)16-10-6-8-12-18(16)22/h5-12,14,19,21-22H,4,13H2,1-3H3,(H2,26,29)(H,27,30)(H,31,32)/t14-,19-,21-/m0/s1. The molecule has 2 aromatic carbocycles. The van der Waals surface area contributed by atoms with Crippen LogP contribution in [0.2, 0.25) is 0 Å². The molecule has 34 heavy (non-hydrogen) atoms. The van der Waals surface area contributed by atoms with Crippen LogP contribution in [0.15, 0.2) is 48.5 Å². The minimum atomic E-state index is -1.51. The van der Waals surface area contributed by atoms with Crippen molar-refractivity contribution in [3.05, 3.63) is 59.7 Å². The van der Waals surface area contributed by atoms with E-state index in [1.165, 1.54) is 12.0 Å². The number of aliphatic carboxylic acids is 1. The highest BCUT2D eigenvalue weighted by atomic mass is 16.5. The number of carbonyl (C=O) groups is 4. The predicted molar refractivity (Wildman–Crippen MR) is 125 cm³/mol. The Bertz CT molecular complexity index is 1060. The number of nitrogens with zero attached hydrogens (tertiary/aromatic N) is 1. The Labute approximate surface area is 197 Å². The van der Waals surface area contributed by atoms with E-state index in [2.05, 4.69) is 5.32 Å². The molecule has 1 aliphatic carbocycles. The van der Waals surface area contributed by atoms with Gasteiger partial charge in [0.1, 0.15) is 12.1 Å². The number of carboxylic acids is 1. The fourth-order valence-corrected chi connectivity index (χ4v) is 4.45. The molecule has 0 aromatic heterocycles. The van der Waals surface area contributed by atoms with Crippen molar-refractivity contribution in [2.24, 2.45) is 11.7 Å². The molecule has 180 valence electrons. The third-order valence-corrected chi connectivity index (χ3v) is 6.24. The van der Waals surface area contributed by atoms with E-state index in [0.717, 1.165) is 22.3 Å². The summed E-state index contributed by atoms with van der Waals surface area (Å²) in [4.78, 5) is 51.1. The third-order valence-electron chi connectivity index (χ3n) is 6.24. The summed E-state index contributed by atoms with van der Waals surface area (Å²) in [5, 5.41) is 11.9. The van der Waals surface area contributed by atoms with Gasteiger partial charge in [-0.2, -0.15) is 0 Å². The highest BCUT2D eigenvalue weighted by Crippen LogP contribution is 2.47. The van der Waals surface area contributed by atoms with Gasteiger partial charge in [0.2, 0.25) is 11.8 Å². The fraction of sp³-hybridized carbons (Fsp3) is 0.360. The minimum Gasteiger partial charge on any atom is -0.480 e. The van der Waals surface area contributed by atoms with Gasteiger partial charge in [-0.3, -0.25) is 14.5 Å². The Morgan fingerprint density at radius 1 is 1.06 bits per heavy atom. The molecule has 0 spiro atoms. The van der Waals surface area contributed by atoms with Crippen LogP contribution in [0, 0.1) is 5.92 Å². The Morgan fingerprint density at radius 3 is 2.03 bits per heavy atom. The number of hydrogen-bond acceptors (Lipinski definition) is 5. The molecule has 0 aliphatic heterocycles. The monoisotopic (exact) mass is 467 g/mol. The number of carboxylic acid groups (broad SMARTS) is 1. The fourth-order valence-electron chi connectivity index (χ4n) is 4.45. The number of fused-ring (bicyclic) bond motifs is 3. The molecule has 0 unspecified atom stereocenters. The highest BCUT2D eigenvalue weighted by Gasteiger charge is 2.44. The minimum absolute atomic E-state index is 0.359. The number of nitrogens with two attached hydrogens (primary N) is 1. The molecule has 0 heterocycles. The maximum absolute atomic E-state index is 13.5. The Balaban J connectivity index is 2.12. The van der Waals surface area contributed by atoms with Gasteiger partial charge in [0.15, 0.2) is 0 Å². The molecule has 4 N–H and O–H groups in total. The molecule has 3 atom stereocenters. The average molecular weight is 468 g/mol. The lowest BCUT2D eigenvalue weighted by Crippen LogP contribution is -2.57. The molecule has 9 nitrogen and oxygen atoms in total. The quantitative estimate of drug-likeness (QED) is 0.518. The van der Waals surface area contributed by atoms with E-state index >= 15 is 0 Å². The maximum Gasteiger partial charge on any atom is 0.410 e. The number of carbonyl (C=O) groups excluding carboxylic acids is 3. The van der Waals surface area contributed by atoms with Gasteiger partial charge in [0, 0.05) is 0 Å². The molecule has 3 rings (SSSR count). The Hall–Kier alpha value is -3.88. The van der Waals surface area contributed by atoms with E-state index in [4.69, 9.17) is 10.5 Å². The van der Waals surface area contributed by atoms with Crippen molar-refractivity contribution in [2.75, 3.05) is 7.11 Å². The van der Waals surface area contributed by atoms with Crippen LogP contribution in [0.25, 0.3) is 11.1 Å². The topological polar surface area (TPSA) is 139 Å². The van der Waals surface area contributed by atoms with Crippen LogP contribution in [-0.4, -0.2) is 53.1 Å². The molecule has 3 amide bonds. The first-order valence-electron chi connectivity index (χ1n) is 11.1. The van der Waals surface area contributed by atoms with Crippen molar-refractivity contribution in [2.45, 2.75) is 44.8 Å². The smallest absolute Gasteiger partial charge is 0.410 e. The normalized spacial score (nSPS) is 14.8. The molecule has 0 radical (unpaired) electrons. The van der Waals surface area contributed by atoms with E-state index in [0.29, 0.717) is 6.42 Å². The molecule has 0 bridgehead atoms. The maximum atomic E-state index is 13.5. The van der Waals surface area contributed by atoms with Crippen LogP contribution in [0.1, 0.15) is 43.9 Å². The summed E-state index contributed by atoms with van der Waals surface area (Å²) in [6.45, 7) is 3.67. The number of methoxy groups -OCH3 is 1. The van der Waals surface area contributed by atoms with Crippen LogP contribution in [0.3, 0.4) is 0 Å². The van der Waals surface area contributed by atoms with Crippen LogP contribution >= 0.6 is 0 Å². The second-order valence-corrected chi connectivity index (χ2v) is 8.35. The van der Waals surface area contributed by atoms with Gasteiger partial charge in [-0.15, -0.1) is 0 Å². The van der Waals surface area contributed by atoms with Crippen LogP contribution in [0.4, 0.5) is 4.79 Å². The summed E-state index contributed by atoms with van der Waals surface area (Å²) in [6, 6.07) is 12.0. The second-order valence-electron chi connectivity index (χ2n) is 8.35. The molecular weight excluding hydrogens is 438 g/mol. The zero-order valence-electron chi connectivity index (χ0n) is 19.4. The van der Waals surface area contributed by atoms with E-state index < -0.39 is 48.4 Å². The molecule has 9 heteroatoms. The van der Waals surface area contributed by atoms with Gasteiger partial charge in [-0.1, -0.05) is 68.8 Å². The van der Waals surface area contributed by atoms with Gasteiger partial charge in [-0.25, -0.2) is 9.59 Å². The van der Waals surface area contributed by atoms with E-state index in [1.807, 2.05) is 55.5 Å². The molecule has 0 saturated heterocycles. The largest absolute Gasteiger partial charge is 0.480 e. The van der Waals surface area contributed by atoms with Crippen molar-refractivity contribution < 1.29 is 29.0 Å². The van der Waals surface area contributed by atoms with E-state index in [9.17, 15) is 24.3 Å². The lowest BCUT2D eigenvalue weighted by Gasteiger charge is -2.38. The zero-order valence-corrected chi connectivity index (χ0v) is 19.4. The lowest BCUT2D eigenvalue weighted by atomic mass is 9.92. The van der Waals surface area contributed by atoms with Crippen molar-refractivity contribution in [3.63, 3.8) is 0 Å². The van der Waals surface area contributed by atoms with Crippen LogP contribution in [0.5, 0.6) is 0 Å². The van der Waals surface area contributed by atoms with Gasteiger partial charge in [-0.05, 0) is 28.2 Å².